The quantitative estimate of drug-likeness (QED) is 0.628. The van der Waals surface area contributed by atoms with Gasteiger partial charge in [0.1, 0.15) is 0 Å². The zero-order valence-corrected chi connectivity index (χ0v) is 10.3. The maximum absolute atomic E-state index is 11.4. The number of rotatable bonds is 3. The molecule has 1 aromatic rings. The van der Waals surface area contributed by atoms with Crippen LogP contribution in [0.3, 0.4) is 0 Å². The second kappa shape index (κ2) is 4.70. The summed E-state index contributed by atoms with van der Waals surface area (Å²) < 4.78 is 23.4. The van der Waals surface area contributed by atoms with Crippen LogP contribution in [-0.4, -0.2) is 20.8 Å². The van der Waals surface area contributed by atoms with E-state index >= 15 is 0 Å². The Kier molecular flexibility index (Phi) is 3.79. The summed E-state index contributed by atoms with van der Waals surface area (Å²) in [4.78, 5) is 13.5. The van der Waals surface area contributed by atoms with Crippen molar-refractivity contribution in [2.45, 2.75) is 11.4 Å². The fourth-order valence-corrected chi connectivity index (χ4v) is 2.72. The SMILES string of the molecule is CS(=O)(=O)c1cccc(Br)c1CN=C=O. The van der Waals surface area contributed by atoms with Crippen LogP contribution >= 0.6 is 15.9 Å². The highest BCUT2D eigenvalue weighted by molar-refractivity contribution is 9.10. The van der Waals surface area contributed by atoms with Crippen molar-refractivity contribution < 1.29 is 13.2 Å². The van der Waals surface area contributed by atoms with E-state index in [0.717, 1.165) is 6.26 Å². The van der Waals surface area contributed by atoms with E-state index in [2.05, 4.69) is 20.9 Å². The monoisotopic (exact) mass is 289 g/mol. The Bertz CT molecular complexity index is 518. The molecular formula is C9H8BrNO3S. The largest absolute Gasteiger partial charge is 0.235 e. The minimum Gasteiger partial charge on any atom is -0.224 e. The van der Waals surface area contributed by atoms with Crippen molar-refractivity contribution in [2.75, 3.05) is 6.26 Å². The van der Waals surface area contributed by atoms with E-state index in [1.165, 1.54) is 12.1 Å². The first-order valence-electron chi connectivity index (χ1n) is 3.98. The van der Waals surface area contributed by atoms with E-state index in [-0.39, 0.29) is 11.4 Å². The molecule has 0 aliphatic rings. The van der Waals surface area contributed by atoms with Crippen LogP contribution in [0.1, 0.15) is 5.56 Å². The average Bonchev–Trinajstić information content (AvgIpc) is 2.14. The number of sulfone groups is 1. The number of nitrogens with zero attached hydrogens (tertiary/aromatic N) is 1. The Hall–Kier alpha value is -0.970. The molecule has 0 saturated heterocycles. The average molecular weight is 290 g/mol. The highest BCUT2D eigenvalue weighted by atomic mass is 79.9. The van der Waals surface area contributed by atoms with E-state index in [1.54, 1.807) is 12.1 Å². The lowest BCUT2D eigenvalue weighted by Crippen LogP contribution is -2.02. The number of hydrogen-bond acceptors (Lipinski definition) is 4. The summed E-state index contributed by atoms with van der Waals surface area (Å²) in [5, 5.41) is 0. The molecule has 80 valence electrons. The number of hydrogen-bond donors (Lipinski definition) is 0. The molecule has 15 heavy (non-hydrogen) atoms. The smallest absolute Gasteiger partial charge is 0.224 e. The van der Waals surface area contributed by atoms with E-state index in [9.17, 15) is 13.2 Å². The molecule has 4 nitrogen and oxygen atoms in total. The molecule has 0 aromatic heterocycles. The second-order valence-corrected chi connectivity index (χ2v) is 5.73. The Morgan fingerprint density at radius 2 is 2.13 bits per heavy atom. The van der Waals surface area contributed by atoms with Crippen LogP contribution < -0.4 is 0 Å². The predicted molar refractivity (Wildman–Crippen MR) is 59.1 cm³/mol. The van der Waals surface area contributed by atoms with Crippen molar-refractivity contribution in [1.82, 2.24) is 0 Å². The first-order valence-corrected chi connectivity index (χ1v) is 6.66. The summed E-state index contributed by atoms with van der Waals surface area (Å²) in [7, 11) is -3.31. The third kappa shape index (κ3) is 2.99. The number of benzene rings is 1. The molecule has 0 aliphatic heterocycles. The fraction of sp³-hybridized carbons (Fsp3) is 0.222. The minimum absolute atomic E-state index is 0.00727. The third-order valence-electron chi connectivity index (χ3n) is 1.78. The van der Waals surface area contributed by atoms with Gasteiger partial charge in [0.25, 0.3) is 0 Å². The first-order chi connectivity index (χ1) is 6.96. The van der Waals surface area contributed by atoms with Gasteiger partial charge in [-0.3, -0.25) is 0 Å². The maximum atomic E-state index is 11.4. The Morgan fingerprint density at radius 1 is 1.47 bits per heavy atom. The van der Waals surface area contributed by atoms with Crippen molar-refractivity contribution in [3.63, 3.8) is 0 Å². The highest BCUT2D eigenvalue weighted by Crippen LogP contribution is 2.24. The predicted octanol–water partition coefficient (Wildman–Crippen LogP) is 1.69. The Labute approximate surface area is 96.1 Å². The van der Waals surface area contributed by atoms with Crippen LogP contribution in [0.25, 0.3) is 0 Å². The lowest BCUT2D eigenvalue weighted by Gasteiger charge is -2.06. The first kappa shape index (κ1) is 12.1. The molecule has 0 unspecified atom stereocenters. The van der Waals surface area contributed by atoms with Crippen molar-refractivity contribution in [1.29, 1.82) is 0 Å². The van der Waals surface area contributed by atoms with Gasteiger partial charge >= 0.3 is 0 Å². The van der Waals surface area contributed by atoms with Gasteiger partial charge in [0, 0.05) is 16.3 Å². The van der Waals surface area contributed by atoms with Crippen molar-refractivity contribution in [3.8, 4) is 0 Å². The molecule has 0 fully saturated rings. The molecule has 0 bridgehead atoms. The summed E-state index contributed by atoms with van der Waals surface area (Å²) in [6, 6.07) is 4.80. The number of aliphatic imine (C=N–C) groups is 1. The maximum Gasteiger partial charge on any atom is 0.235 e. The molecule has 1 rings (SSSR count). The van der Waals surface area contributed by atoms with Crippen LogP contribution in [-0.2, 0) is 21.2 Å². The molecule has 6 heteroatoms. The van der Waals surface area contributed by atoms with Gasteiger partial charge in [0.05, 0.1) is 11.4 Å². The number of isocyanates is 1. The molecule has 0 amide bonds. The van der Waals surface area contributed by atoms with E-state index in [1.807, 2.05) is 0 Å². The van der Waals surface area contributed by atoms with Crippen molar-refractivity contribution >= 4 is 31.8 Å². The van der Waals surface area contributed by atoms with E-state index in [4.69, 9.17) is 0 Å². The zero-order valence-electron chi connectivity index (χ0n) is 7.90. The molecular weight excluding hydrogens is 282 g/mol. The molecule has 0 aliphatic carbocycles. The molecule has 0 atom stereocenters. The molecule has 0 spiro atoms. The normalized spacial score (nSPS) is 10.8. The zero-order chi connectivity index (χ0) is 11.5. The van der Waals surface area contributed by atoms with Gasteiger partial charge in [-0.1, -0.05) is 22.0 Å². The van der Waals surface area contributed by atoms with Crippen LogP contribution in [0.15, 0.2) is 32.6 Å². The van der Waals surface area contributed by atoms with E-state index in [0.29, 0.717) is 10.0 Å². The van der Waals surface area contributed by atoms with Gasteiger partial charge in [0.2, 0.25) is 6.08 Å². The molecule has 0 saturated carbocycles. The van der Waals surface area contributed by atoms with Gasteiger partial charge in [-0.05, 0) is 12.1 Å². The van der Waals surface area contributed by atoms with Crippen molar-refractivity contribution in [3.05, 3.63) is 28.2 Å². The van der Waals surface area contributed by atoms with E-state index < -0.39 is 9.84 Å². The molecule has 1 aromatic carbocycles. The van der Waals surface area contributed by atoms with Gasteiger partial charge in [-0.2, -0.15) is 0 Å². The summed E-state index contributed by atoms with van der Waals surface area (Å²) in [6.07, 6.45) is 2.50. The second-order valence-electron chi connectivity index (χ2n) is 2.90. The number of halogens is 1. The molecule has 0 radical (unpaired) electrons. The van der Waals surface area contributed by atoms with Gasteiger partial charge in [0.15, 0.2) is 9.84 Å². The van der Waals surface area contributed by atoms with Gasteiger partial charge in [-0.25, -0.2) is 18.2 Å². The van der Waals surface area contributed by atoms with Gasteiger partial charge < -0.3 is 0 Å². The summed E-state index contributed by atoms with van der Waals surface area (Å²) in [6.45, 7) is 0.00727. The summed E-state index contributed by atoms with van der Waals surface area (Å²) in [5.74, 6) is 0. The lowest BCUT2D eigenvalue weighted by atomic mass is 10.2. The molecule has 0 heterocycles. The van der Waals surface area contributed by atoms with Gasteiger partial charge in [-0.15, -0.1) is 0 Å². The van der Waals surface area contributed by atoms with Crippen LogP contribution in [0, 0.1) is 0 Å². The molecule has 0 N–H and O–H groups in total. The minimum atomic E-state index is -3.31. The topological polar surface area (TPSA) is 63.6 Å². The van der Waals surface area contributed by atoms with Crippen LogP contribution in [0.4, 0.5) is 0 Å². The lowest BCUT2D eigenvalue weighted by molar-refractivity contribution is 0.562. The number of carbonyl (C=O) groups excluding carboxylic acids is 1. The third-order valence-corrected chi connectivity index (χ3v) is 3.70. The van der Waals surface area contributed by atoms with Crippen molar-refractivity contribution in [2.24, 2.45) is 4.99 Å². The standard InChI is InChI=1S/C9H8BrNO3S/c1-15(13,14)9-4-2-3-8(10)7(9)5-11-6-12/h2-4H,5H2,1H3. The van der Waals surface area contributed by atoms with Crippen LogP contribution in [0.2, 0.25) is 0 Å². The summed E-state index contributed by atoms with van der Waals surface area (Å²) >= 11 is 3.22. The highest BCUT2D eigenvalue weighted by Gasteiger charge is 2.14. The summed E-state index contributed by atoms with van der Waals surface area (Å²) in [5.41, 5.74) is 0.475. The van der Waals surface area contributed by atoms with Crippen LogP contribution in [0.5, 0.6) is 0 Å². The Balaban J connectivity index is 3.39. The Morgan fingerprint density at radius 3 is 2.67 bits per heavy atom. The fourth-order valence-electron chi connectivity index (χ4n) is 1.15.